The Bertz CT molecular complexity index is 704. The van der Waals surface area contributed by atoms with Gasteiger partial charge in [-0.3, -0.25) is 10.4 Å². The highest BCUT2D eigenvalue weighted by atomic mass is 32.1. The van der Waals surface area contributed by atoms with Gasteiger partial charge in [0.25, 0.3) is 0 Å². The molecule has 0 radical (unpaired) electrons. The smallest absolute Gasteiger partial charge is 0.321 e. The van der Waals surface area contributed by atoms with Crippen LogP contribution in [0.5, 0.6) is 0 Å². The number of rotatable bonds is 3. The molecule has 0 fully saturated rings. The van der Waals surface area contributed by atoms with Gasteiger partial charge in [0.05, 0.1) is 11.7 Å². The van der Waals surface area contributed by atoms with E-state index in [4.69, 9.17) is 0 Å². The first-order valence-electron chi connectivity index (χ1n) is 7.32. The van der Waals surface area contributed by atoms with E-state index < -0.39 is 0 Å². The number of urea groups is 1. The standard InChI is InChI=1S/C14H20N6OS/c1-7(11-16-8(2)19-20-11)15-12(21)18-13-17-10-9(22-13)5-6-14(10,3)4/h7H,5-6H2,1-4H3,(H,16,19,20)(H2,15,17,18,21). The molecule has 2 aromatic heterocycles. The van der Waals surface area contributed by atoms with E-state index in [1.807, 2.05) is 13.8 Å². The molecule has 8 heteroatoms. The molecule has 0 aliphatic heterocycles. The molecule has 22 heavy (non-hydrogen) atoms. The topological polar surface area (TPSA) is 95.6 Å². The highest BCUT2D eigenvalue weighted by Gasteiger charge is 2.34. The summed E-state index contributed by atoms with van der Waals surface area (Å²) in [4.78, 5) is 22.1. The predicted octanol–water partition coefficient (Wildman–Crippen LogP) is 2.68. The number of hydrogen-bond acceptors (Lipinski definition) is 5. The summed E-state index contributed by atoms with van der Waals surface area (Å²) < 4.78 is 0. The lowest BCUT2D eigenvalue weighted by Crippen LogP contribution is -2.31. The number of aryl methyl sites for hydroxylation is 2. The van der Waals surface area contributed by atoms with Crippen LogP contribution >= 0.6 is 11.3 Å². The molecule has 2 heterocycles. The zero-order valence-corrected chi connectivity index (χ0v) is 14.0. The van der Waals surface area contributed by atoms with Gasteiger partial charge < -0.3 is 5.32 Å². The third-order valence-corrected chi connectivity index (χ3v) is 4.92. The Labute approximate surface area is 133 Å². The molecule has 1 unspecified atom stereocenters. The molecule has 118 valence electrons. The second-order valence-corrected chi connectivity index (χ2v) is 7.36. The third-order valence-electron chi connectivity index (χ3n) is 3.89. The largest absolute Gasteiger partial charge is 0.328 e. The number of fused-ring (bicyclic) bond motifs is 1. The van der Waals surface area contributed by atoms with Crippen LogP contribution in [0.2, 0.25) is 0 Å². The first kappa shape index (κ1) is 15.0. The summed E-state index contributed by atoms with van der Waals surface area (Å²) in [7, 11) is 0. The maximum atomic E-state index is 12.1. The van der Waals surface area contributed by atoms with Gasteiger partial charge >= 0.3 is 6.03 Å². The lowest BCUT2D eigenvalue weighted by molar-refractivity contribution is 0.249. The van der Waals surface area contributed by atoms with E-state index in [0.717, 1.165) is 24.4 Å². The molecule has 3 rings (SSSR count). The van der Waals surface area contributed by atoms with E-state index in [1.54, 1.807) is 11.3 Å². The van der Waals surface area contributed by atoms with E-state index in [2.05, 4.69) is 44.6 Å². The van der Waals surface area contributed by atoms with Gasteiger partial charge in [0.1, 0.15) is 5.82 Å². The number of amides is 2. The normalized spacial score (nSPS) is 17.1. The van der Waals surface area contributed by atoms with Crippen molar-refractivity contribution in [1.82, 2.24) is 25.5 Å². The van der Waals surface area contributed by atoms with E-state index in [-0.39, 0.29) is 17.5 Å². The van der Waals surface area contributed by atoms with Crippen molar-refractivity contribution in [1.29, 1.82) is 0 Å². The molecule has 2 aromatic rings. The van der Waals surface area contributed by atoms with Crippen LogP contribution in [-0.2, 0) is 11.8 Å². The fourth-order valence-corrected chi connectivity index (χ4v) is 3.73. The molecule has 1 aliphatic rings. The number of aromatic nitrogens is 4. The van der Waals surface area contributed by atoms with E-state index in [0.29, 0.717) is 11.0 Å². The van der Waals surface area contributed by atoms with Gasteiger partial charge in [0.2, 0.25) is 0 Å². The maximum absolute atomic E-state index is 12.1. The van der Waals surface area contributed by atoms with Gasteiger partial charge in [-0.1, -0.05) is 13.8 Å². The van der Waals surface area contributed by atoms with E-state index in [9.17, 15) is 4.79 Å². The van der Waals surface area contributed by atoms with Gasteiger partial charge in [-0.05, 0) is 26.7 Å². The summed E-state index contributed by atoms with van der Waals surface area (Å²) >= 11 is 1.56. The molecule has 7 nitrogen and oxygen atoms in total. The first-order valence-corrected chi connectivity index (χ1v) is 8.13. The van der Waals surface area contributed by atoms with Crippen LogP contribution in [0.4, 0.5) is 9.93 Å². The highest BCUT2D eigenvalue weighted by Crippen LogP contribution is 2.42. The number of hydrogen-bond donors (Lipinski definition) is 3. The van der Waals surface area contributed by atoms with E-state index in [1.165, 1.54) is 4.88 Å². The van der Waals surface area contributed by atoms with Crippen LogP contribution in [0.25, 0.3) is 0 Å². The lowest BCUT2D eigenvalue weighted by atomic mass is 9.91. The monoisotopic (exact) mass is 320 g/mol. The van der Waals surface area contributed by atoms with E-state index >= 15 is 0 Å². The quantitative estimate of drug-likeness (QED) is 0.810. The van der Waals surface area contributed by atoms with Crippen molar-refractivity contribution in [3.63, 3.8) is 0 Å². The minimum atomic E-state index is -0.291. The van der Waals surface area contributed by atoms with Crippen molar-refractivity contribution in [3.8, 4) is 0 Å². The van der Waals surface area contributed by atoms with Gasteiger partial charge in [0, 0.05) is 10.3 Å². The van der Waals surface area contributed by atoms with Crippen molar-refractivity contribution in [2.24, 2.45) is 0 Å². The van der Waals surface area contributed by atoms with Gasteiger partial charge in [-0.15, -0.1) is 11.3 Å². The Morgan fingerprint density at radius 2 is 2.18 bits per heavy atom. The average molecular weight is 320 g/mol. The number of aromatic amines is 1. The third kappa shape index (κ3) is 2.83. The Kier molecular flexibility index (Phi) is 3.64. The zero-order chi connectivity index (χ0) is 15.9. The fraction of sp³-hybridized carbons (Fsp3) is 0.571. The molecule has 2 amide bonds. The highest BCUT2D eigenvalue weighted by molar-refractivity contribution is 7.16. The van der Waals surface area contributed by atoms with Crippen LogP contribution in [0, 0.1) is 6.92 Å². The molecule has 0 saturated carbocycles. The van der Waals surface area contributed by atoms with Crippen molar-refractivity contribution in [2.75, 3.05) is 5.32 Å². The summed E-state index contributed by atoms with van der Waals surface area (Å²) in [5.74, 6) is 1.29. The predicted molar refractivity (Wildman–Crippen MR) is 85.2 cm³/mol. The number of nitrogens with zero attached hydrogens (tertiary/aromatic N) is 3. The van der Waals surface area contributed by atoms with Crippen LogP contribution in [0.3, 0.4) is 0 Å². The second kappa shape index (κ2) is 5.35. The lowest BCUT2D eigenvalue weighted by Gasteiger charge is -2.15. The molecular formula is C14H20N6OS. The Balaban J connectivity index is 1.63. The molecule has 3 N–H and O–H groups in total. The molecular weight excluding hydrogens is 300 g/mol. The fourth-order valence-electron chi connectivity index (χ4n) is 2.60. The summed E-state index contributed by atoms with van der Waals surface area (Å²) in [6, 6.07) is -0.562. The number of anilines is 1. The van der Waals surface area contributed by atoms with Crippen molar-refractivity contribution < 1.29 is 4.79 Å². The number of nitrogens with one attached hydrogen (secondary N) is 3. The maximum Gasteiger partial charge on any atom is 0.321 e. The van der Waals surface area contributed by atoms with Crippen molar-refractivity contribution in [2.45, 2.75) is 52.0 Å². The minimum absolute atomic E-state index is 0.103. The van der Waals surface area contributed by atoms with Crippen molar-refractivity contribution in [3.05, 3.63) is 22.2 Å². The second-order valence-electron chi connectivity index (χ2n) is 6.27. The number of H-pyrrole nitrogens is 1. The summed E-state index contributed by atoms with van der Waals surface area (Å²) in [5.41, 5.74) is 1.22. The van der Waals surface area contributed by atoms with Gasteiger partial charge in [0.15, 0.2) is 11.0 Å². The van der Waals surface area contributed by atoms with Crippen molar-refractivity contribution >= 4 is 22.5 Å². The van der Waals surface area contributed by atoms with Crippen LogP contribution in [-0.4, -0.2) is 26.2 Å². The van der Waals surface area contributed by atoms with Gasteiger partial charge in [-0.25, -0.2) is 14.8 Å². The van der Waals surface area contributed by atoms with Crippen LogP contribution in [0.1, 0.15) is 55.5 Å². The molecule has 0 aromatic carbocycles. The van der Waals surface area contributed by atoms with Gasteiger partial charge in [-0.2, -0.15) is 5.10 Å². The summed E-state index contributed by atoms with van der Waals surface area (Å²) in [5, 5.41) is 13.1. The first-order chi connectivity index (χ1) is 10.3. The molecule has 1 aliphatic carbocycles. The molecule has 0 bridgehead atoms. The summed E-state index contributed by atoms with van der Waals surface area (Å²) in [6.07, 6.45) is 2.16. The zero-order valence-electron chi connectivity index (χ0n) is 13.1. The number of carbonyl (C=O) groups is 1. The Morgan fingerprint density at radius 3 is 2.82 bits per heavy atom. The van der Waals surface area contributed by atoms with Crippen LogP contribution < -0.4 is 10.6 Å². The molecule has 1 atom stereocenters. The minimum Gasteiger partial charge on any atom is -0.328 e. The molecule has 0 saturated heterocycles. The number of carbonyl (C=O) groups excluding carboxylic acids is 1. The Morgan fingerprint density at radius 1 is 1.41 bits per heavy atom. The summed E-state index contributed by atoms with van der Waals surface area (Å²) in [6.45, 7) is 8.04. The SMILES string of the molecule is Cc1nc(C(C)NC(=O)Nc2nc3c(s2)CCC3(C)C)n[nH]1. The van der Waals surface area contributed by atoms with Crippen LogP contribution in [0.15, 0.2) is 0 Å². The Hall–Kier alpha value is -1.96. The average Bonchev–Trinajstić information content (AvgIpc) is 3.08. The number of thiazole rings is 1. The molecule has 0 spiro atoms.